The number of carbonyl (C=O) groups excluding carboxylic acids is 1. The third kappa shape index (κ3) is 3.24. The van der Waals surface area contributed by atoms with Gasteiger partial charge in [-0.2, -0.15) is 8.78 Å². The second-order valence-corrected chi connectivity index (χ2v) is 1.83. The van der Waals surface area contributed by atoms with Crippen LogP contribution < -0.4 is 5.32 Å². The van der Waals surface area contributed by atoms with Gasteiger partial charge >= 0.3 is 11.3 Å². The average molecular weight is 158 g/mol. The molecule has 0 rings (SSSR count). The van der Waals surface area contributed by atoms with E-state index < -0.39 is 11.3 Å². The summed E-state index contributed by atoms with van der Waals surface area (Å²) in [6.07, 6.45) is 0. The van der Waals surface area contributed by atoms with E-state index in [4.69, 9.17) is 0 Å². The Kier molecular flexibility index (Phi) is 2.84. The van der Waals surface area contributed by atoms with Crippen molar-refractivity contribution in [1.82, 2.24) is 5.32 Å². The lowest BCUT2D eigenvalue weighted by molar-refractivity contribution is -0.135. The zero-order chi connectivity index (χ0) is 7.49. The molecule has 1 amide bonds. The number of hydrogen-bond donors (Lipinski definition) is 1. The number of halogens is 3. The molecule has 0 unspecified atom stereocenters. The van der Waals surface area contributed by atoms with Gasteiger partial charge in [-0.3, -0.25) is 4.79 Å². The van der Waals surface area contributed by atoms with Gasteiger partial charge in [0.15, 0.2) is 0 Å². The van der Waals surface area contributed by atoms with Gasteiger partial charge in [0, 0.05) is 6.54 Å². The largest absolute Gasteiger partial charge is 0.399 e. The molecule has 0 aliphatic carbocycles. The van der Waals surface area contributed by atoms with Crippen LogP contribution in [0.15, 0.2) is 0 Å². The minimum Gasteiger partial charge on any atom is -0.350 e. The molecule has 0 aromatic heterocycles. The number of amides is 1. The van der Waals surface area contributed by atoms with Crippen LogP contribution in [-0.2, 0) is 4.79 Å². The Labute approximate surface area is 56.2 Å². The summed E-state index contributed by atoms with van der Waals surface area (Å²) < 4.78 is 23.3. The fourth-order valence-corrected chi connectivity index (χ4v) is 0.328. The molecule has 0 radical (unpaired) electrons. The summed E-state index contributed by atoms with van der Waals surface area (Å²) in [6.45, 7) is 1.68. The van der Waals surface area contributed by atoms with Crippen molar-refractivity contribution in [2.75, 3.05) is 6.54 Å². The number of rotatable bonds is 2. The average Bonchev–Trinajstić information content (AvgIpc) is 1.64. The predicted molar refractivity (Wildman–Crippen MR) is 29.5 cm³/mol. The van der Waals surface area contributed by atoms with Crippen molar-refractivity contribution in [2.45, 2.75) is 12.3 Å². The molecule has 0 saturated heterocycles. The first-order chi connectivity index (χ1) is 3.98. The second kappa shape index (κ2) is 2.96. The molecule has 54 valence electrons. The van der Waals surface area contributed by atoms with E-state index in [2.05, 4.69) is 11.6 Å². The summed E-state index contributed by atoms with van der Waals surface area (Å²) in [7, 11) is 0. The molecule has 0 spiro atoms. The van der Waals surface area contributed by atoms with E-state index in [0.29, 0.717) is 0 Å². The SMILES string of the molecule is CCNC(=O)C(F)(F)Cl. The fraction of sp³-hybridized carbons (Fsp3) is 0.750. The number of alkyl halides is 3. The molecule has 0 bridgehead atoms. The van der Waals surface area contributed by atoms with Crippen LogP contribution in [0.4, 0.5) is 8.78 Å². The molecule has 0 saturated carbocycles. The van der Waals surface area contributed by atoms with Crippen molar-refractivity contribution in [3.8, 4) is 0 Å². The topological polar surface area (TPSA) is 29.1 Å². The smallest absolute Gasteiger partial charge is 0.350 e. The Morgan fingerprint density at radius 2 is 2.22 bits per heavy atom. The molecule has 1 N–H and O–H groups in total. The highest BCUT2D eigenvalue weighted by molar-refractivity contribution is 6.32. The molecule has 9 heavy (non-hydrogen) atoms. The minimum atomic E-state index is -3.77. The minimum absolute atomic E-state index is 0.154. The van der Waals surface area contributed by atoms with Crippen molar-refractivity contribution in [3.05, 3.63) is 0 Å². The summed E-state index contributed by atoms with van der Waals surface area (Å²) in [5, 5.41) is -1.90. The van der Waals surface area contributed by atoms with E-state index in [-0.39, 0.29) is 6.54 Å². The van der Waals surface area contributed by atoms with Crippen molar-refractivity contribution < 1.29 is 13.6 Å². The van der Waals surface area contributed by atoms with Crippen molar-refractivity contribution in [2.24, 2.45) is 0 Å². The van der Waals surface area contributed by atoms with Crippen LogP contribution in [-0.4, -0.2) is 17.8 Å². The van der Waals surface area contributed by atoms with E-state index in [0.717, 1.165) is 0 Å². The van der Waals surface area contributed by atoms with Crippen LogP contribution in [0.25, 0.3) is 0 Å². The maximum absolute atomic E-state index is 11.7. The zero-order valence-electron chi connectivity index (χ0n) is 4.75. The first-order valence-corrected chi connectivity index (χ1v) is 2.71. The molecule has 0 aliphatic heterocycles. The lowest BCUT2D eigenvalue weighted by Gasteiger charge is -2.05. The summed E-state index contributed by atoms with van der Waals surface area (Å²) in [5.74, 6) is -1.45. The van der Waals surface area contributed by atoms with E-state index in [1.165, 1.54) is 6.92 Å². The van der Waals surface area contributed by atoms with Crippen LogP contribution in [0.3, 0.4) is 0 Å². The molecule has 0 aliphatic rings. The van der Waals surface area contributed by atoms with E-state index in [1.54, 1.807) is 0 Å². The van der Waals surface area contributed by atoms with Gasteiger partial charge in [-0.1, -0.05) is 0 Å². The standard InChI is InChI=1S/C4H6ClF2NO/c1-2-8-3(9)4(5,6)7/h2H2,1H3,(H,8,9). The van der Waals surface area contributed by atoms with Gasteiger partial charge in [0.1, 0.15) is 0 Å². The highest BCUT2D eigenvalue weighted by Crippen LogP contribution is 2.17. The van der Waals surface area contributed by atoms with Gasteiger partial charge in [0.25, 0.3) is 0 Å². The van der Waals surface area contributed by atoms with Crippen LogP contribution >= 0.6 is 11.6 Å². The normalized spacial score (nSPS) is 11.1. The molecular formula is C4H6ClF2NO. The van der Waals surface area contributed by atoms with Gasteiger partial charge in [0.05, 0.1) is 0 Å². The van der Waals surface area contributed by atoms with Crippen LogP contribution in [0.5, 0.6) is 0 Å². The quantitative estimate of drug-likeness (QED) is 0.595. The van der Waals surface area contributed by atoms with Gasteiger partial charge in [0.2, 0.25) is 0 Å². The maximum atomic E-state index is 11.7. The molecule has 5 heteroatoms. The highest BCUT2D eigenvalue weighted by Gasteiger charge is 2.34. The van der Waals surface area contributed by atoms with Crippen molar-refractivity contribution in [3.63, 3.8) is 0 Å². The van der Waals surface area contributed by atoms with Gasteiger partial charge in [-0.05, 0) is 18.5 Å². The lowest BCUT2D eigenvalue weighted by atomic mass is 10.6. The third-order valence-corrected chi connectivity index (χ3v) is 0.766. The van der Waals surface area contributed by atoms with Gasteiger partial charge in [-0.25, -0.2) is 0 Å². The summed E-state index contributed by atoms with van der Waals surface area (Å²) >= 11 is 4.32. The summed E-state index contributed by atoms with van der Waals surface area (Å²) in [4.78, 5) is 10.1. The highest BCUT2D eigenvalue weighted by atomic mass is 35.5. The lowest BCUT2D eigenvalue weighted by Crippen LogP contribution is -2.35. The first kappa shape index (κ1) is 8.62. The monoisotopic (exact) mass is 157 g/mol. The Bertz CT molecular complexity index is 112. The Balaban J connectivity index is 3.74. The van der Waals surface area contributed by atoms with Crippen molar-refractivity contribution >= 4 is 17.5 Å². The number of nitrogens with one attached hydrogen (secondary N) is 1. The number of carbonyl (C=O) groups is 1. The fourth-order valence-electron chi connectivity index (χ4n) is 0.261. The van der Waals surface area contributed by atoms with Crippen LogP contribution in [0.2, 0.25) is 0 Å². The van der Waals surface area contributed by atoms with E-state index in [1.807, 2.05) is 5.32 Å². The molecule has 0 aromatic rings. The third-order valence-electron chi connectivity index (χ3n) is 0.595. The predicted octanol–water partition coefficient (Wildman–Crippen LogP) is 0.954. The maximum Gasteiger partial charge on any atom is 0.399 e. The molecule has 0 fully saturated rings. The summed E-state index contributed by atoms with van der Waals surface area (Å²) in [6, 6.07) is 0. The molecule has 2 nitrogen and oxygen atoms in total. The summed E-state index contributed by atoms with van der Waals surface area (Å²) in [5.41, 5.74) is 0. The Hall–Kier alpha value is -0.380. The van der Waals surface area contributed by atoms with Crippen LogP contribution in [0.1, 0.15) is 6.92 Å². The Morgan fingerprint density at radius 1 is 1.78 bits per heavy atom. The molecule has 0 atom stereocenters. The molecule has 0 aromatic carbocycles. The van der Waals surface area contributed by atoms with Gasteiger partial charge < -0.3 is 5.32 Å². The Morgan fingerprint density at radius 3 is 2.33 bits per heavy atom. The van der Waals surface area contributed by atoms with Crippen LogP contribution in [0, 0.1) is 0 Å². The number of hydrogen-bond acceptors (Lipinski definition) is 1. The first-order valence-electron chi connectivity index (χ1n) is 2.33. The zero-order valence-corrected chi connectivity index (χ0v) is 5.51. The van der Waals surface area contributed by atoms with Crippen molar-refractivity contribution in [1.29, 1.82) is 0 Å². The van der Waals surface area contributed by atoms with Gasteiger partial charge in [-0.15, -0.1) is 0 Å². The second-order valence-electron chi connectivity index (χ2n) is 1.36. The van der Waals surface area contributed by atoms with E-state index >= 15 is 0 Å². The molecule has 0 heterocycles. The molecular weight excluding hydrogens is 151 g/mol. The van der Waals surface area contributed by atoms with E-state index in [9.17, 15) is 13.6 Å².